The summed E-state index contributed by atoms with van der Waals surface area (Å²) in [4.78, 5) is 0. The summed E-state index contributed by atoms with van der Waals surface area (Å²) in [6.07, 6.45) is -79.8. The molecule has 512 valence electrons. The minimum absolute atomic E-state index is 0.555. The molecule has 0 spiro atoms. The molecule has 40 nitrogen and oxygen atoms in total. The van der Waals surface area contributed by atoms with Gasteiger partial charge < -0.3 is 200 Å². The Bertz CT molecular complexity index is 1720. The molecule has 0 aromatic carbocycles. The molecule has 0 aromatic rings. The van der Waals surface area contributed by atoms with Crippen LogP contribution in [0.25, 0.3) is 0 Å². The van der Waals surface area contributed by atoms with Crippen LogP contribution >= 0.6 is 0 Å². The van der Waals surface area contributed by atoms with E-state index in [1.54, 1.807) is 0 Å². The fourth-order valence-electron chi connectivity index (χ4n) is 12.0. The SMILES string of the molecule is NC[C@H]1O[C@@H]2O[C@H]3[C@H](O)[C@@H](O)[C@@H](O[C@H]4[C@H](O)[C@@H](O)[C@@H](O[C@H]5[C@H](O)[C@@H](O)[C@@H](O[C@H]6[C@H](O)[C@@H](O)[C@@H](O[C@H]7[C@H](O)[C@@H](O)[C@@H](O[C@H]8[C@H](O)[C@@H](O)[C@@H](O[C@H]9[C@H](O)[C@@H](O)[C@@H](O[C@H]1[C@H](O)[C@H]2O)O[C@@H]9CN)O[C@@H]8CO)O[C@@H]7CO)O[C@@H]6CO)O[C@@H]5CO)O[C@@H]4CO)O[C@@H]3CO. The van der Waals surface area contributed by atoms with Crippen LogP contribution in [0, 0.1) is 0 Å². The molecular formula is C48H82N2O38. The first kappa shape index (κ1) is 70.7. The van der Waals surface area contributed by atoms with Crippen molar-refractivity contribution in [2.75, 3.05) is 52.7 Å². The molecule has 30 rings (SSSR count). The zero-order valence-corrected chi connectivity index (χ0v) is 46.3. The molecule has 0 unspecified atom stereocenters. The van der Waals surface area contributed by atoms with Gasteiger partial charge in [0.15, 0.2) is 50.3 Å². The molecule has 0 saturated carbocycles. The van der Waals surface area contributed by atoms with Gasteiger partial charge in [0.2, 0.25) is 0 Å². The molecule has 30 fully saturated rings. The molecular weight excluding hydrogens is 1210 g/mol. The molecule has 88 heavy (non-hydrogen) atoms. The topological polar surface area (TPSA) is 645 Å². The number of aliphatic hydroxyl groups excluding tert-OH is 22. The summed E-state index contributed by atoms with van der Waals surface area (Å²) >= 11 is 0. The zero-order valence-electron chi connectivity index (χ0n) is 46.3. The highest BCUT2D eigenvalue weighted by Crippen LogP contribution is 2.39. The zero-order chi connectivity index (χ0) is 64.1. The summed E-state index contributed by atoms with van der Waals surface area (Å²) in [5, 5.41) is 245. The van der Waals surface area contributed by atoms with Crippen molar-refractivity contribution in [2.24, 2.45) is 11.5 Å². The van der Waals surface area contributed by atoms with Gasteiger partial charge in [0.25, 0.3) is 0 Å². The van der Waals surface area contributed by atoms with E-state index in [0.29, 0.717) is 0 Å². The Labute approximate surface area is 497 Å². The largest absolute Gasteiger partial charge is 0.394 e. The van der Waals surface area contributed by atoms with Crippen LogP contribution in [0.2, 0.25) is 0 Å². The number of nitrogens with two attached hydrogens (primary N) is 2. The van der Waals surface area contributed by atoms with Crippen molar-refractivity contribution in [3.05, 3.63) is 0 Å². The van der Waals surface area contributed by atoms with Gasteiger partial charge in [-0.2, -0.15) is 0 Å². The van der Waals surface area contributed by atoms with E-state index in [2.05, 4.69) is 0 Å². The molecule has 30 saturated heterocycles. The van der Waals surface area contributed by atoms with Crippen molar-refractivity contribution in [2.45, 2.75) is 246 Å². The molecule has 30 aliphatic rings. The molecule has 30 aliphatic heterocycles. The standard InChI is InChI=1S/C48H82N2O38/c49-1-9-33-18(58)26(66)42(74-9)83-35-11(3-51)76-44(28(68)20(35)60)85-37-13(5-53)78-46(30(70)22(37)62)87-39-15(7-55)80-48(32(72)24(39)64)88-40-16(8-56)79-47(31(71)23(40)63)86-38-14(6-54)77-45(29(69)21(38)61)84-36-12(4-52)75-43(27(67)19(36)59)82-34-10(2-50)73-41(81-33)25(65)17(34)57/h9-48,51-72H,1-8,49-50H2/t9-,10-,11-,12-,13-,14-,15-,16-,17-,18-,19-,20-,21-,22-,23-,24-,25-,26-,27-,28-,29-,30-,31-,32-,33-,34-,35-,36-,37-,38-,39-,40-,41-,42-,43-,44-,45-,46-,47-,48-/m1/s1. The summed E-state index contributed by atoms with van der Waals surface area (Å²) in [6, 6.07) is 0. The van der Waals surface area contributed by atoms with E-state index < -0.39 is 298 Å². The van der Waals surface area contributed by atoms with E-state index in [4.69, 9.17) is 87.3 Å². The van der Waals surface area contributed by atoms with E-state index in [1.165, 1.54) is 0 Å². The quantitative estimate of drug-likeness (QED) is 0.107. The van der Waals surface area contributed by atoms with E-state index in [-0.39, 0.29) is 0 Å². The number of hydrogen-bond acceptors (Lipinski definition) is 40. The first-order valence-corrected chi connectivity index (χ1v) is 28.3. The Kier molecular flexibility index (Phi) is 24.1. The van der Waals surface area contributed by atoms with Crippen molar-refractivity contribution in [1.82, 2.24) is 0 Å². The highest BCUT2D eigenvalue weighted by molar-refractivity contribution is 5.02. The van der Waals surface area contributed by atoms with Gasteiger partial charge in [-0.25, -0.2) is 0 Å². The van der Waals surface area contributed by atoms with Gasteiger partial charge in [0.1, 0.15) is 195 Å². The Morgan fingerprint density at radius 2 is 0.284 bits per heavy atom. The highest BCUT2D eigenvalue weighted by atomic mass is 16.8. The molecule has 26 N–H and O–H groups in total. The molecule has 0 aromatic heterocycles. The van der Waals surface area contributed by atoms with Crippen LogP contribution in [0.5, 0.6) is 0 Å². The van der Waals surface area contributed by atoms with E-state index in [0.717, 1.165) is 0 Å². The van der Waals surface area contributed by atoms with Gasteiger partial charge >= 0.3 is 0 Å². The molecule has 0 radical (unpaired) electrons. The predicted octanol–water partition coefficient (Wildman–Crippen LogP) is -17.5. The predicted molar refractivity (Wildman–Crippen MR) is 265 cm³/mol. The highest BCUT2D eigenvalue weighted by Gasteiger charge is 2.60. The van der Waals surface area contributed by atoms with Crippen LogP contribution in [0.3, 0.4) is 0 Å². The molecule has 30 heterocycles. The normalized spacial score (nSPS) is 55.4. The van der Waals surface area contributed by atoms with Crippen molar-refractivity contribution in [3.8, 4) is 0 Å². The van der Waals surface area contributed by atoms with E-state index >= 15 is 0 Å². The second kappa shape index (κ2) is 30.0. The Hall–Kier alpha value is -1.60. The Morgan fingerprint density at radius 1 is 0.170 bits per heavy atom. The number of hydrogen-bond donors (Lipinski definition) is 24. The summed E-state index contributed by atoms with van der Waals surface area (Å²) < 4.78 is 91.9. The minimum Gasteiger partial charge on any atom is -0.394 e. The first-order valence-electron chi connectivity index (χ1n) is 28.3. The monoisotopic (exact) mass is 1290 g/mol. The third-order valence-electron chi connectivity index (χ3n) is 17.0. The number of rotatable bonds is 8. The smallest absolute Gasteiger partial charge is 0.187 e. The molecule has 0 amide bonds. The average Bonchev–Trinajstić information content (AvgIpc) is 1.09. The van der Waals surface area contributed by atoms with Gasteiger partial charge in [0.05, 0.1) is 39.6 Å². The lowest BCUT2D eigenvalue weighted by atomic mass is 9.94. The lowest BCUT2D eigenvalue weighted by molar-refractivity contribution is -0.402. The Morgan fingerprint density at radius 3 is 0.398 bits per heavy atom. The summed E-state index contributed by atoms with van der Waals surface area (Å²) in [5.74, 6) is 0. The van der Waals surface area contributed by atoms with Crippen LogP contribution in [0.4, 0.5) is 0 Å². The van der Waals surface area contributed by atoms with Crippen LogP contribution in [0.15, 0.2) is 0 Å². The second-order valence-electron chi connectivity index (χ2n) is 22.6. The maximum absolute atomic E-state index is 11.5. The van der Waals surface area contributed by atoms with Crippen molar-refractivity contribution >= 4 is 0 Å². The summed E-state index contributed by atoms with van der Waals surface area (Å²) in [5.41, 5.74) is 12.0. The fourth-order valence-corrected chi connectivity index (χ4v) is 12.0. The third-order valence-corrected chi connectivity index (χ3v) is 17.0. The maximum Gasteiger partial charge on any atom is 0.187 e. The van der Waals surface area contributed by atoms with Crippen LogP contribution in [-0.2, 0) is 75.8 Å². The van der Waals surface area contributed by atoms with Gasteiger partial charge in [-0.15, -0.1) is 0 Å². The van der Waals surface area contributed by atoms with Crippen LogP contribution in [-0.4, -0.2) is 411 Å². The maximum atomic E-state index is 11.5. The summed E-state index contributed by atoms with van der Waals surface area (Å²) in [7, 11) is 0. The van der Waals surface area contributed by atoms with E-state index in [1.807, 2.05) is 0 Å². The lowest BCUT2D eigenvalue weighted by Gasteiger charge is -2.50. The van der Waals surface area contributed by atoms with Crippen molar-refractivity contribution < 1.29 is 188 Å². The Balaban J connectivity index is 0.975. The average molecular weight is 1300 g/mol. The van der Waals surface area contributed by atoms with Gasteiger partial charge in [-0.05, 0) is 0 Å². The third kappa shape index (κ3) is 13.8. The fraction of sp³-hybridized carbons (Fsp3) is 1.00. The van der Waals surface area contributed by atoms with Crippen LogP contribution < -0.4 is 11.5 Å². The minimum atomic E-state index is -2.24. The molecule has 40 atom stereocenters. The first-order chi connectivity index (χ1) is 41.9. The summed E-state index contributed by atoms with van der Waals surface area (Å²) in [6.45, 7) is -7.47. The molecule has 16 bridgehead atoms. The van der Waals surface area contributed by atoms with Gasteiger partial charge in [-0.3, -0.25) is 0 Å². The van der Waals surface area contributed by atoms with Gasteiger partial charge in [0, 0.05) is 13.1 Å². The molecule has 40 heteroatoms. The lowest BCUT2D eigenvalue weighted by Crippen LogP contribution is -2.69. The number of ether oxygens (including phenoxy) is 16. The van der Waals surface area contributed by atoms with Crippen molar-refractivity contribution in [1.29, 1.82) is 0 Å². The van der Waals surface area contributed by atoms with Crippen molar-refractivity contribution in [3.63, 3.8) is 0 Å². The van der Waals surface area contributed by atoms with Gasteiger partial charge in [-0.1, -0.05) is 0 Å². The van der Waals surface area contributed by atoms with Crippen LogP contribution in [0.1, 0.15) is 0 Å². The molecule has 0 aliphatic carbocycles. The number of aliphatic hydroxyl groups is 22. The second-order valence-corrected chi connectivity index (χ2v) is 22.6. The van der Waals surface area contributed by atoms with E-state index in [9.17, 15) is 112 Å².